The van der Waals surface area contributed by atoms with E-state index in [9.17, 15) is 27.9 Å². The van der Waals surface area contributed by atoms with E-state index in [1.165, 1.54) is 48.9 Å². The van der Waals surface area contributed by atoms with Gasteiger partial charge in [-0.05, 0) is 63.1 Å². The molecule has 0 saturated carbocycles. The number of alkyl halides is 3. The molecule has 37 heavy (non-hydrogen) atoms. The van der Waals surface area contributed by atoms with E-state index in [2.05, 4.69) is 5.10 Å². The van der Waals surface area contributed by atoms with E-state index in [0.29, 0.717) is 18.5 Å². The van der Waals surface area contributed by atoms with Crippen molar-refractivity contribution < 1.29 is 37.3 Å². The molecule has 0 amide bonds. The summed E-state index contributed by atoms with van der Waals surface area (Å²) in [5, 5.41) is 13.5. The molecule has 1 heterocycles. The van der Waals surface area contributed by atoms with Gasteiger partial charge in [0.05, 0.1) is 17.0 Å². The summed E-state index contributed by atoms with van der Waals surface area (Å²) < 4.78 is 53.9. The molecule has 0 bridgehead atoms. The molecule has 1 N–H and O–H groups in total. The third kappa shape index (κ3) is 7.12. The van der Waals surface area contributed by atoms with Crippen LogP contribution in [0.5, 0.6) is 5.75 Å². The maximum Gasteiger partial charge on any atom is 0.431 e. The van der Waals surface area contributed by atoms with Gasteiger partial charge in [0.1, 0.15) is 5.75 Å². The molecule has 2 aromatic carbocycles. The molecule has 0 spiro atoms. The van der Waals surface area contributed by atoms with E-state index in [0.717, 1.165) is 11.1 Å². The second-order valence-electron chi connectivity index (χ2n) is 9.21. The minimum absolute atomic E-state index is 0.137. The van der Waals surface area contributed by atoms with Crippen LogP contribution in [0.15, 0.2) is 54.6 Å². The lowest BCUT2D eigenvalue weighted by Gasteiger charge is -2.22. The van der Waals surface area contributed by atoms with Crippen LogP contribution in [0, 0.1) is 6.92 Å². The molecule has 7 nitrogen and oxygen atoms in total. The van der Waals surface area contributed by atoms with Crippen LogP contribution in [0.25, 0.3) is 0 Å². The molecule has 3 aromatic rings. The average molecular weight is 519 g/mol. The number of ether oxygens (including phenoxy) is 2. The summed E-state index contributed by atoms with van der Waals surface area (Å²) in [7, 11) is 0. The summed E-state index contributed by atoms with van der Waals surface area (Å²) in [6.45, 7) is 6.67. The molecule has 0 saturated heterocycles. The molecule has 0 radical (unpaired) electrons. The van der Waals surface area contributed by atoms with Crippen LogP contribution in [-0.4, -0.2) is 38.6 Å². The van der Waals surface area contributed by atoms with Gasteiger partial charge in [-0.1, -0.05) is 36.8 Å². The Morgan fingerprint density at radius 3 is 2.22 bits per heavy atom. The smallest absolute Gasteiger partial charge is 0.431 e. The molecule has 3 rings (SSSR count). The van der Waals surface area contributed by atoms with Crippen molar-refractivity contribution in [1.29, 1.82) is 0 Å². The van der Waals surface area contributed by atoms with Gasteiger partial charge in [-0.3, -0.25) is 4.68 Å². The van der Waals surface area contributed by atoms with Crippen molar-refractivity contribution in [1.82, 2.24) is 9.78 Å². The Hall–Kier alpha value is -3.82. The molecule has 0 fully saturated rings. The number of carbonyl (C=O) groups is 2. The molecule has 1 aromatic heterocycles. The molecule has 198 valence electrons. The van der Waals surface area contributed by atoms with E-state index >= 15 is 0 Å². The van der Waals surface area contributed by atoms with Crippen LogP contribution in [0.2, 0.25) is 0 Å². The fourth-order valence-electron chi connectivity index (χ4n) is 3.56. The number of hydrogen-bond donors (Lipinski definition) is 1. The first-order valence-corrected chi connectivity index (χ1v) is 11.7. The van der Waals surface area contributed by atoms with Gasteiger partial charge in [0.25, 0.3) is 0 Å². The van der Waals surface area contributed by atoms with E-state index in [-0.39, 0.29) is 23.6 Å². The fraction of sp³-hybridized carbons (Fsp3) is 0.370. The lowest BCUT2D eigenvalue weighted by molar-refractivity contribution is -0.209. The summed E-state index contributed by atoms with van der Waals surface area (Å²) >= 11 is 0. The molecular weight excluding hydrogens is 489 g/mol. The zero-order chi connectivity index (χ0) is 27.4. The summed E-state index contributed by atoms with van der Waals surface area (Å²) in [5.41, 5.74) is 0.462. The first-order valence-electron chi connectivity index (χ1n) is 11.7. The largest absolute Gasteiger partial charge is 0.478 e. The number of aryl methyl sites for hydroxylation is 2. The summed E-state index contributed by atoms with van der Waals surface area (Å²) in [6, 6.07) is 14.0. The fourth-order valence-corrected chi connectivity index (χ4v) is 3.56. The molecule has 10 heteroatoms. The number of esters is 1. The number of nitrogens with zero attached hydrogens (tertiary/aromatic N) is 2. The second-order valence-corrected chi connectivity index (χ2v) is 9.21. The molecule has 0 aliphatic heterocycles. The number of carboxylic acids is 1. The normalized spacial score (nSPS) is 12.7. The maximum atomic E-state index is 14.1. The lowest BCUT2D eigenvalue weighted by atomic mass is 10.1. The van der Waals surface area contributed by atoms with Crippen molar-refractivity contribution in [3.8, 4) is 5.75 Å². The predicted molar refractivity (Wildman–Crippen MR) is 129 cm³/mol. The molecule has 0 aliphatic carbocycles. The zero-order valence-corrected chi connectivity index (χ0v) is 21.0. The van der Waals surface area contributed by atoms with Crippen LogP contribution in [-0.2, 0) is 22.5 Å². The highest BCUT2D eigenvalue weighted by molar-refractivity contribution is 5.89. The van der Waals surface area contributed by atoms with E-state index in [1.54, 1.807) is 0 Å². The first-order chi connectivity index (χ1) is 17.3. The van der Waals surface area contributed by atoms with Gasteiger partial charge >= 0.3 is 18.1 Å². The second kappa shape index (κ2) is 11.1. The van der Waals surface area contributed by atoms with Crippen LogP contribution in [0.4, 0.5) is 13.2 Å². The topological polar surface area (TPSA) is 90.7 Å². The number of rotatable bonds is 10. The minimum Gasteiger partial charge on any atom is -0.478 e. The molecule has 1 atom stereocenters. The standard InChI is InChI=1S/C27H29F3N2O5/c1-5-14-32-22(16-20(31-32)15-18-8-6-17(2)7-9-18)23(27(28,29)30)36-24(33)19-10-12-21(13-11-19)37-26(3,4)25(34)35/h6-13,16,23H,5,14-15H2,1-4H3,(H,34,35)/t23-/m0/s1. The number of aliphatic carboxylic acids is 1. The molecular formula is C27H29F3N2O5. The first kappa shape index (κ1) is 27.8. The van der Waals surface area contributed by atoms with Gasteiger partial charge in [0.15, 0.2) is 5.60 Å². The third-order valence-electron chi connectivity index (χ3n) is 5.57. The van der Waals surface area contributed by atoms with Crippen molar-refractivity contribution in [3.63, 3.8) is 0 Å². The van der Waals surface area contributed by atoms with E-state index in [1.807, 2.05) is 38.1 Å². The average Bonchev–Trinajstić information content (AvgIpc) is 3.20. The number of benzene rings is 2. The van der Waals surface area contributed by atoms with Crippen molar-refractivity contribution in [3.05, 3.63) is 82.7 Å². The number of carbonyl (C=O) groups excluding carboxylic acids is 1. The summed E-state index contributed by atoms with van der Waals surface area (Å²) in [6.07, 6.45) is -6.54. The number of aromatic nitrogens is 2. The quantitative estimate of drug-likeness (QED) is 0.337. The van der Waals surface area contributed by atoms with Crippen molar-refractivity contribution in [2.75, 3.05) is 0 Å². The van der Waals surface area contributed by atoms with E-state index < -0.39 is 29.8 Å². The Morgan fingerprint density at radius 1 is 1.05 bits per heavy atom. The highest BCUT2D eigenvalue weighted by Gasteiger charge is 2.46. The number of carboxylic acid groups (broad SMARTS) is 1. The van der Waals surface area contributed by atoms with Crippen molar-refractivity contribution in [2.24, 2.45) is 0 Å². The highest BCUT2D eigenvalue weighted by atomic mass is 19.4. The zero-order valence-electron chi connectivity index (χ0n) is 21.0. The maximum absolute atomic E-state index is 14.1. The van der Waals surface area contributed by atoms with E-state index in [4.69, 9.17) is 9.47 Å². The van der Waals surface area contributed by atoms with Gasteiger partial charge in [0.2, 0.25) is 6.10 Å². The molecule has 0 unspecified atom stereocenters. The van der Waals surface area contributed by atoms with Crippen LogP contribution < -0.4 is 4.74 Å². The number of hydrogen-bond acceptors (Lipinski definition) is 5. The van der Waals surface area contributed by atoms with Crippen LogP contribution in [0.3, 0.4) is 0 Å². The Bertz CT molecular complexity index is 1230. The minimum atomic E-state index is -4.88. The van der Waals surface area contributed by atoms with Gasteiger partial charge in [-0.15, -0.1) is 0 Å². The molecule has 0 aliphatic rings. The van der Waals surface area contributed by atoms with Gasteiger partial charge < -0.3 is 14.6 Å². The van der Waals surface area contributed by atoms with Crippen molar-refractivity contribution >= 4 is 11.9 Å². The summed E-state index contributed by atoms with van der Waals surface area (Å²) in [5.74, 6) is -2.25. The number of halogens is 3. The van der Waals surface area contributed by atoms with Gasteiger partial charge in [0, 0.05) is 13.0 Å². The lowest BCUT2D eigenvalue weighted by Crippen LogP contribution is -2.37. The van der Waals surface area contributed by atoms with Crippen LogP contribution >= 0.6 is 0 Å². The third-order valence-corrected chi connectivity index (χ3v) is 5.57. The van der Waals surface area contributed by atoms with Gasteiger partial charge in [-0.25, -0.2) is 9.59 Å². The van der Waals surface area contributed by atoms with Crippen LogP contribution in [0.1, 0.15) is 66.2 Å². The predicted octanol–water partition coefficient (Wildman–Crippen LogP) is 5.89. The Balaban J connectivity index is 1.85. The highest BCUT2D eigenvalue weighted by Crippen LogP contribution is 2.37. The SMILES string of the molecule is CCCn1nc(Cc2ccc(C)cc2)cc1[C@H](OC(=O)c1ccc(OC(C)(C)C(=O)O)cc1)C(F)(F)F. The van der Waals surface area contributed by atoms with Crippen molar-refractivity contribution in [2.45, 2.75) is 65.0 Å². The Kier molecular flexibility index (Phi) is 8.30. The Labute approximate surface area is 212 Å². The Morgan fingerprint density at radius 2 is 1.68 bits per heavy atom. The summed E-state index contributed by atoms with van der Waals surface area (Å²) in [4.78, 5) is 23.9. The van der Waals surface area contributed by atoms with Gasteiger partial charge in [-0.2, -0.15) is 18.3 Å². The monoisotopic (exact) mass is 518 g/mol.